The van der Waals surface area contributed by atoms with Gasteiger partial charge in [-0.2, -0.15) is 0 Å². The normalized spacial score (nSPS) is 12.5. The predicted octanol–water partition coefficient (Wildman–Crippen LogP) is 3.66. The Morgan fingerprint density at radius 3 is 2.39 bits per heavy atom. The summed E-state index contributed by atoms with van der Waals surface area (Å²) in [7, 11) is 0. The number of hydrogen-bond acceptors (Lipinski definition) is 1. The van der Waals surface area contributed by atoms with Crippen molar-refractivity contribution in [3.63, 3.8) is 0 Å². The second-order valence-electron chi connectivity index (χ2n) is 4.43. The van der Waals surface area contributed by atoms with Gasteiger partial charge in [-0.25, -0.2) is 8.78 Å². The summed E-state index contributed by atoms with van der Waals surface area (Å²) < 4.78 is 26.7. The van der Waals surface area contributed by atoms with Crippen molar-refractivity contribution in [2.45, 2.75) is 20.0 Å². The fraction of sp³-hybridized carbons (Fsp3) is 0.200. The molecule has 0 spiro atoms. The van der Waals surface area contributed by atoms with E-state index in [0.717, 1.165) is 29.3 Å². The molecule has 1 N–H and O–H groups in total. The van der Waals surface area contributed by atoms with Crippen molar-refractivity contribution < 1.29 is 13.9 Å². The molecule has 0 saturated heterocycles. The van der Waals surface area contributed by atoms with Crippen molar-refractivity contribution in [2.24, 2.45) is 0 Å². The molecule has 3 heteroatoms. The zero-order chi connectivity index (χ0) is 13.3. The molecule has 1 nitrogen and oxygen atoms in total. The van der Waals surface area contributed by atoms with Crippen molar-refractivity contribution in [1.29, 1.82) is 0 Å². The van der Waals surface area contributed by atoms with E-state index in [1.165, 1.54) is 0 Å². The Kier molecular flexibility index (Phi) is 3.43. The lowest BCUT2D eigenvalue weighted by Gasteiger charge is -2.15. The second kappa shape index (κ2) is 4.86. The van der Waals surface area contributed by atoms with E-state index < -0.39 is 17.7 Å². The first-order valence-corrected chi connectivity index (χ1v) is 5.69. The van der Waals surface area contributed by atoms with Crippen molar-refractivity contribution in [2.75, 3.05) is 0 Å². The minimum Gasteiger partial charge on any atom is -0.384 e. The first-order chi connectivity index (χ1) is 8.49. The van der Waals surface area contributed by atoms with Gasteiger partial charge in [-0.1, -0.05) is 23.8 Å². The highest BCUT2D eigenvalue weighted by Crippen LogP contribution is 2.27. The van der Waals surface area contributed by atoms with Crippen LogP contribution >= 0.6 is 0 Å². The molecule has 0 aliphatic rings. The molecule has 0 radical (unpaired) electrons. The monoisotopic (exact) mass is 248 g/mol. The van der Waals surface area contributed by atoms with E-state index in [1.807, 2.05) is 26.0 Å². The lowest BCUT2D eigenvalue weighted by molar-refractivity contribution is 0.213. The van der Waals surface area contributed by atoms with Crippen molar-refractivity contribution in [1.82, 2.24) is 0 Å². The molecule has 1 unspecified atom stereocenters. The molecule has 2 aromatic rings. The van der Waals surface area contributed by atoms with E-state index in [-0.39, 0.29) is 5.56 Å². The van der Waals surface area contributed by atoms with Crippen LogP contribution in [0.2, 0.25) is 0 Å². The van der Waals surface area contributed by atoms with Crippen molar-refractivity contribution in [3.05, 3.63) is 70.3 Å². The van der Waals surface area contributed by atoms with Crippen LogP contribution in [0.5, 0.6) is 0 Å². The van der Waals surface area contributed by atoms with Crippen LogP contribution in [-0.4, -0.2) is 5.11 Å². The number of aliphatic hydroxyl groups is 1. The standard InChI is InChI=1S/C15H14F2O/c1-9-3-4-10(2)12(7-9)15(18)13-8-11(16)5-6-14(13)17/h3-8,15,18H,1-2H3. The van der Waals surface area contributed by atoms with Crippen LogP contribution in [-0.2, 0) is 0 Å². The minimum absolute atomic E-state index is 0.0382. The summed E-state index contributed by atoms with van der Waals surface area (Å²) in [5, 5.41) is 10.2. The molecule has 0 aliphatic carbocycles. The molecule has 2 rings (SSSR count). The fourth-order valence-electron chi connectivity index (χ4n) is 1.95. The molecule has 94 valence electrons. The SMILES string of the molecule is Cc1ccc(C)c(C(O)c2cc(F)ccc2F)c1. The van der Waals surface area contributed by atoms with Gasteiger partial charge in [-0.15, -0.1) is 0 Å². The van der Waals surface area contributed by atoms with Crippen LogP contribution < -0.4 is 0 Å². The minimum atomic E-state index is -1.15. The van der Waals surface area contributed by atoms with Crippen LogP contribution in [0.1, 0.15) is 28.4 Å². The van der Waals surface area contributed by atoms with Gasteiger partial charge >= 0.3 is 0 Å². The summed E-state index contributed by atoms with van der Waals surface area (Å²) in [5.41, 5.74) is 2.37. The topological polar surface area (TPSA) is 20.2 Å². The molecule has 0 fully saturated rings. The van der Waals surface area contributed by atoms with Gasteiger partial charge in [-0.05, 0) is 43.2 Å². The zero-order valence-electron chi connectivity index (χ0n) is 10.2. The largest absolute Gasteiger partial charge is 0.384 e. The smallest absolute Gasteiger partial charge is 0.129 e. The third-order valence-corrected chi connectivity index (χ3v) is 2.98. The first-order valence-electron chi connectivity index (χ1n) is 5.69. The average Bonchev–Trinajstić information content (AvgIpc) is 2.34. The Morgan fingerprint density at radius 2 is 1.67 bits per heavy atom. The number of benzene rings is 2. The molecule has 18 heavy (non-hydrogen) atoms. The Balaban J connectivity index is 2.50. The Morgan fingerprint density at radius 1 is 0.944 bits per heavy atom. The molecular formula is C15H14F2O. The molecule has 1 atom stereocenters. The summed E-state index contributed by atoms with van der Waals surface area (Å²) >= 11 is 0. The van der Waals surface area contributed by atoms with Gasteiger partial charge in [-0.3, -0.25) is 0 Å². The van der Waals surface area contributed by atoms with Gasteiger partial charge in [0.25, 0.3) is 0 Å². The van der Waals surface area contributed by atoms with Crippen LogP contribution in [0.3, 0.4) is 0 Å². The third kappa shape index (κ3) is 2.41. The quantitative estimate of drug-likeness (QED) is 0.859. The zero-order valence-corrected chi connectivity index (χ0v) is 10.2. The van der Waals surface area contributed by atoms with E-state index in [2.05, 4.69) is 0 Å². The molecule has 2 aromatic carbocycles. The van der Waals surface area contributed by atoms with E-state index in [4.69, 9.17) is 0 Å². The summed E-state index contributed by atoms with van der Waals surface area (Å²) in [6.45, 7) is 3.72. The summed E-state index contributed by atoms with van der Waals surface area (Å²) in [6, 6.07) is 8.64. The maximum absolute atomic E-state index is 13.6. The van der Waals surface area contributed by atoms with Gasteiger partial charge in [0, 0.05) is 5.56 Å². The molecule has 0 aliphatic heterocycles. The molecular weight excluding hydrogens is 234 g/mol. The molecule has 0 aromatic heterocycles. The van der Waals surface area contributed by atoms with Crippen molar-refractivity contribution >= 4 is 0 Å². The molecule has 0 bridgehead atoms. The van der Waals surface area contributed by atoms with E-state index in [0.29, 0.717) is 5.56 Å². The molecule has 0 amide bonds. The second-order valence-corrected chi connectivity index (χ2v) is 4.43. The lowest BCUT2D eigenvalue weighted by atomic mass is 9.95. The van der Waals surface area contributed by atoms with Crippen LogP contribution in [0.25, 0.3) is 0 Å². The number of aliphatic hydroxyl groups excluding tert-OH is 1. The summed E-state index contributed by atoms with van der Waals surface area (Å²) in [5.74, 6) is -1.17. The van der Waals surface area contributed by atoms with Crippen LogP contribution in [0.4, 0.5) is 8.78 Å². The maximum atomic E-state index is 13.6. The van der Waals surface area contributed by atoms with Gasteiger partial charge in [0.15, 0.2) is 0 Å². The van der Waals surface area contributed by atoms with E-state index in [1.54, 1.807) is 6.07 Å². The van der Waals surface area contributed by atoms with Gasteiger partial charge in [0.2, 0.25) is 0 Å². The van der Waals surface area contributed by atoms with E-state index >= 15 is 0 Å². The van der Waals surface area contributed by atoms with Gasteiger partial charge < -0.3 is 5.11 Å². The Bertz CT molecular complexity index is 527. The highest BCUT2D eigenvalue weighted by Gasteiger charge is 2.17. The summed E-state index contributed by atoms with van der Waals surface area (Å²) in [6.07, 6.45) is -1.15. The van der Waals surface area contributed by atoms with Gasteiger partial charge in [0.05, 0.1) is 0 Å². The number of aryl methyl sites for hydroxylation is 2. The number of halogens is 2. The highest BCUT2D eigenvalue weighted by molar-refractivity contribution is 5.38. The molecule has 0 heterocycles. The number of hydrogen-bond donors (Lipinski definition) is 1. The predicted molar refractivity (Wildman–Crippen MR) is 66.3 cm³/mol. The van der Waals surface area contributed by atoms with Gasteiger partial charge in [0.1, 0.15) is 17.7 Å². The summed E-state index contributed by atoms with van der Waals surface area (Å²) in [4.78, 5) is 0. The first kappa shape index (κ1) is 12.7. The highest BCUT2D eigenvalue weighted by atomic mass is 19.1. The Labute approximate surface area is 105 Å². The van der Waals surface area contributed by atoms with E-state index in [9.17, 15) is 13.9 Å². The number of rotatable bonds is 2. The Hall–Kier alpha value is -1.74. The third-order valence-electron chi connectivity index (χ3n) is 2.98. The van der Waals surface area contributed by atoms with Crippen LogP contribution in [0, 0.1) is 25.5 Å². The van der Waals surface area contributed by atoms with Crippen molar-refractivity contribution in [3.8, 4) is 0 Å². The fourth-order valence-corrected chi connectivity index (χ4v) is 1.95. The lowest BCUT2D eigenvalue weighted by Crippen LogP contribution is -2.05. The molecule has 0 saturated carbocycles. The maximum Gasteiger partial charge on any atom is 0.129 e. The van der Waals surface area contributed by atoms with Crippen LogP contribution in [0.15, 0.2) is 36.4 Å². The average molecular weight is 248 g/mol.